The van der Waals surface area contributed by atoms with Gasteiger partial charge in [0, 0.05) is 11.9 Å². The molecule has 1 N–H and O–H groups in total. The van der Waals surface area contributed by atoms with Gasteiger partial charge in [-0.25, -0.2) is 4.68 Å². The van der Waals surface area contributed by atoms with Crippen LogP contribution in [0, 0.1) is 0 Å². The Kier molecular flexibility index (Phi) is 4.79. The van der Waals surface area contributed by atoms with E-state index < -0.39 is 0 Å². The third-order valence-electron chi connectivity index (χ3n) is 4.30. The van der Waals surface area contributed by atoms with Crippen LogP contribution in [0.2, 0.25) is 0 Å². The summed E-state index contributed by atoms with van der Waals surface area (Å²) in [5.41, 5.74) is 4.91. The quantitative estimate of drug-likeness (QED) is 0.564. The largest absolute Gasteiger partial charge is 0.326 e. The number of benzene rings is 3. The average Bonchev–Trinajstić information content (AvgIpc) is 3.18. The molecule has 3 aromatic carbocycles. The van der Waals surface area contributed by atoms with Crippen LogP contribution >= 0.6 is 0 Å². The zero-order valence-corrected chi connectivity index (χ0v) is 14.7. The molecule has 0 fully saturated rings. The molecule has 0 saturated carbocycles. The number of carbonyl (C=O) groups excluding carboxylic acids is 1. The number of nitrogens with zero attached hydrogens (tertiary/aromatic N) is 2. The van der Waals surface area contributed by atoms with Crippen molar-refractivity contribution in [3.8, 4) is 16.8 Å². The van der Waals surface area contributed by atoms with Crippen molar-refractivity contribution in [1.82, 2.24) is 9.78 Å². The molecule has 1 heterocycles. The fraction of sp³-hybridized carbons (Fsp3) is 0.0435. The van der Waals surface area contributed by atoms with Crippen molar-refractivity contribution in [2.45, 2.75) is 6.42 Å². The molecule has 0 aliphatic carbocycles. The Hall–Kier alpha value is -3.66. The first-order valence-electron chi connectivity index (χ1n) is 8.82. The van der Waals surface area contributed by atoms with Crippen molar-refractivity contribution in [2.75, 3.05) is 5.32 Å². The van der Waals surface area contributed by atoms with Gasteiger partial charge in [-0.1, -0.05) is 60.7 Å². The second kappa shape index (κ2) is 7.70. The van der Waals surface area contributed by atoms with Crippen LogP contribution < -0.4 is 5.32 Å². The Balaban J connectivity index is 1.39. The van der Waals surface area contributed by atoms with E-state index >= 15 is 0 Å². The molecule has 0 aliphatic heterocycles. The van der Waals surface area contributed by atoms with Crippen LogP contribution in [0.25, 0.3) is 16.8 Å². The number of amides is 1. The van der Waals surface area contributed by atoms with E-state index in [-0.39, 0.29) is 12.3 Å². The summed E-state index contributed by atoms with van der Waals surface area (Å²) < 4.78 is 1.78. The maximum Gasteiger partial charge on any atom is 0.228 e. The van der Waals surface area contributed by atoms with Gasteiger partial charge in [0.1, 0.15) is 0 Å². The standard InChI is InChI=1S/C23H19N3O/c27-23(15-18-16-24-26(17-18)22-9-5-2-6-10-22)25-21-13-11-20(12-14-21)19-7-3-1-4-8-19/h1-14,16-17H,15H2,(H,25,27). The van der Waals surface area contributed by atoms with Gasteiger partial charge in [0.2, 0.25) is 5.91 Å². The van der Waals surface area contributed by atoms with Crippen LogP contribution in [0.3, 0.4) is 0 Å². The van der Waals surface area contributed by atoms with Crippen LogP contribution in [-0.2, 0) is 11.2 Å². The molecule has 0 radical (unpaired) electrons. The summed E-state index contributed by atoms with van der Waals surface area (Å²) in [6.45, 7) is 0. The summed E-state index contributed by atoms with van der Waals surface area (Å²) >= 11 is 0. The Labute approximate surface area is 158 Å². The molecule has 1 aromatic heterocycles. The van der Waals surface area contributed by atoms with Gasteiger partial charge in [0.05, 0.1) is 18.3 Å². The lowest BCUT2D eigenvalue weighted by molar-refractivity contribution is -0.115. The molecule has 0 unspecified atom stereocenters. The molecule has 4 aromatic rings. The molecular weight excluding hydrogens is 334 g/mol. The average molecular weight is 353 g/mol. The van der Waals surface area contributed by atoms with E-state index in [9.17, 15) is 4.79 Å². The summed E-state index contributed by atoms with van der Waals surface area (Å²) in [7, 11) is 0. The van der Waals surface area contributed by atoms with Gasteiger partial charge in [0.15, 0.2) is 0 Å². The summed E-state index contributed by atoms with van der Waals surface area (Å²) in [6, 6.07) is 27.9. The minimum atomic E-state index is -0.0601. The van der Waals surface area contributed by atoms with E-state index in [1.807, 2.05) is 79.0 Å². The van der Waals surface area contributed by atoms with Crippen LogP contribution in [0.1, 0.15) is 5.56 Å². The Morgan fingerprint density at radius 1 is 0.815 bits per heavy atom. The van der Waals surface area contributed by atoms with Crippen molar-refractivity contribution in [3.63, 3.8) is 0 Å². The van der Waals surface area contributed by atoms with Gasteiger partial charge in [0.25, 0.3) is 0 Å². The summed E-state index contributed by atoms with van der Waals surface area (Å²) in [5, 5.41) is 7.27. The topological polar surface area (TPSA) is 46.9 Å². The summed E-state index contributed by atoms with van der Waals surface area (Å²) in [6.07, 6.45) is 3.89. The second-order valence-electron chi connectivity index (χ2n) is 6.30. The molecule has 0 aliphatic rings. The van der Waals surface area contributed by atoms with Crippen molar-refractivity contribution < 1.29 is 4.79 Å². The summed E-state index contributed by atoms with van der Waals surface area (Å²) in [4.78, 5) is 12.3. The number of nitrogens with one attached hydrogen (secondary N) is 1. The first-order valence-corrected chi connectivity index (χ1v) is 8.82. The van der Waals surface area contributed by atoms with Gasteiger partial charge in [-0.3, -0.25) is 4.79 Å². The molecule has 0 saturated heterocycles. The molecule has 1 amide bonds. The lowest BCUT2D eigenvalue weighted by atomic mass is 10.1. The van der Waals surface area contributed by atoms with E-state index in [0.29, 0.717) is 0 Å². The van der Waals surface area contributed by atoms with Gasteiger partial charge >= 0.3 is 0 Å². The molecule has 27 heavy (non-hydrogen) atoms. The third-order valence-corrected chi connectivity index (χ3v) is 4.30. The number of aromatic nitrogens is 2. The molecule has 4 heteroatoms. The molecule has 132 valence electrons. The zero-order chi connectivity index (χ0) is 18.5. The highest BCUT2D eigenvalue weighted by atomic mass is 16.1. The Morgan fingerprint density at radius 2 is 1.44 bits per heavy atom. The number of anilines is 1. The second-order valence-corrected chi connectivity index (χ2v) is 6.30. The van der Waals surface area contributed by atoms with E-state index in [2.05, 4.69) is 22.5 Å². The maximum absolute atomic E-state index is 12.3. The Bertz CT molecular complexity index is 1020. The molecule has 0 spiro atoms. The zero-order valence-electron chi connectivity index (χ0n) is 14.7. The van der Waals surface area contributed by atoms with Crippen molar-refractivity contribution in [2.24, 2.45) is 0 Å². The molecule has 4 nitrogen and oxygen atoms in total. The fourth-order valence-electron chi connectivity index (χ4n) is 2.94. The first kappa shape index (κ1) is 16.8. The van der Waals surface area contributed by atoms with E-state index in [0.717, 1.165) is 28.1 Å². The van der Waals surface area contributed by atoms with Gasteiger partial charge in [-0.05, 0) is 41.0 Å². The maximum atomic E-state index is 12.3. The number of hydrogen-bond acceptors (Lipinski definition) is 2. The lowest BCUT2D eigenvalue weighted by Crippen LogP contribution is -2.13. The normalized spacial score (nSPS) is 10.5. The highest BCUT2D eigenvalue weighted by molar-refractivity contribution is 5.92. The van der Waals surface area contributed by atoms with Crippen molar-refractivity contribution in [3.05, 3.63) is 103 Å². The smallest absolute Gasteiger partial charge is 0.228 e. The SMILES string of the molecule is O=C(Cc1cnn(-c2ccccc2)c1)Nc1ccc(-c2ccccc2)cc1. The van der Waals surface area contributed by atoms with E-state index in [1.165, 1.54) is 0 Å². The van der Waals surface area contributed by atoms with E-state index in [4.69, 9.17) is 0 Å². The lowest BCUT2D eigenvalue weighted by Gasteiger charge is -2.06. The highest BCUT2D eigenvalue weighted by Crippen LogP contribution is 2.21. The minimum Gasteiger partial charge on any atom is -0.326 e. The number of carbonyl (C=O) groups is 1. The molecule has 0 bridgehead atoms. The predicted octanol–water partition coefficient (Wildman–Crippen LogP) is 4.72. The predicted molar refractivity (Wildman–Crippen MR) is 108 cm³/mol. The van der Waals surface area contributed by atoms with Gasteiger partial charge in [-0.2, -0.15) is 5.10 Å². The molecular formula is C23H19N3O. The van der Waals surface area contributed by atoms with Crippen LogP contribution in [0.15, 0.2) is 97.3 Å². The first-order chi connectivity index (χ1) is 13.3. The van der Waals surface area contributed by atoms with Gasteiger partial charge < -0.3 is 5.32 Å². The van der Waals surface area contributed by atoms with E-state index in [1.54, 1.807) is 10.9 Å². The Morgan fingerprint density at radius 3 is 2.15 bits per heavy atom. The van der Waals surface area contributed by atoms with Crippen LogP contribution in [0.5, 0.6) is 0 Å². The van der Waals surface area contributed by atoms with Crippen LogP contribution in [0.4, 0.5) is 5.69 Å². The fourth-order valence-corrected chi connectivity index (χ4v) is 2.94. The number of para-hydroxylation sites is 1. The van der Waals surface area contributed by atoms with Crippen LogP contribution in [-0.4, -0.2) is 15.7 Å². The van der Waals surface area contributed by atoms with Crippen molar-refractivity contribution in [1.29, 1.82) is 0 Å². The monoisotopic (exact) mass is 353 g/mol. The number of hydrogen-bond donors (Lipinski definition) is 1. The third kappa shape index (κ3) is 4.12. The van der Waals surface area contributed by atoms with Gasteiger partial charge in [-0.15, -0.1) is 0 Å². The molecule has 0 atom stereocenters. The highest BCUT2D eigenvalue weighted by Gasteiger charge is 2.07. The minimum absolute atomic E-state index is 0.0601. The van der Waals surface area contributed by atoms with Crippen molar-refractivity contribution >= 4 is 11.6 Å². The number of rotatable bonds is 5. The molecule has 4 rings (SSSR count). The summed E-state index contributed by atoms with van der Waals surface area (Å²) in [5.74, 6) is -0.0601.